The second-order valence-electron chi connectivity index (χ2n) is 1.84. The van der Waals surface area contributed by atoms with E-state index >= 15 is 0 Å². The minimum atomic E-state index is 0.624. The van der Waals surface area contributed by atoms with E-state index in [1.165, 1.54) is 0 Å². The SMILES string of the molecule is CC.COc1cccc(C#N)c1. The average Bonchev–Trinajstić information content (AvgIpc) is 2.21. The normalized spacial score (nSPS) is 7.50. The molecule has 1 aromatic carbocycles. The second kappa shape index (κ2) is 6.23. The van der Waals surface area contributed by atoms with Crippen molar-refractivity contribution in [3.8, 4) is 11.8 Å². The molecule has 12 heavy (non-hydrogen) atoms. The fourth-order valence-corrected chi connectivity index (χ4v) is 0.693. The van der Waals surface area contributed by atoms with Gasteiger partial charge in [0.1, 0.15) is 5.75 Å². The maximum Gasteiger partial charge on any atom is 0.120 e. The van der Waals surface area contributed by atoms with Gasteiger partial charge in [-0.1, -0.05) is 19.9 Å². The van der Waals surface area contributed by atoms with Crippen LogP contribution in [0, 0.1) is 11.3 Å². The smallest absolute Gasteiger partial charge is 0.120 e. The molecule has 0 amide bonds. The first kappa shape index (κ1) is 10.5. The zero-order valence-electron chi connectivity index (χ0n) is 7.66. The summed E-state index contributed by atoms with van der Waals surface area (Å²) in [5, 5.41) is 8.45. The minimum Gasteiger partial charge on any atom is -0.497 e. The van der Waals surface area contributed by atoms with Crippen LogP contribution in [-0.4, -0.2) is 7.11 Å². The molecule has 0 radical (unpaired) electrons. The van der Waals surface area contributed by atoms with Gasteiger partial charge in [0.15, 0.2) is 0 Å². The molecule has 0 heterocycles. The Kier molecular flexibility index (Phi) is 5.46. The van der Waals surface area contributed by atoms with E-state index < -0.39 is 0 Å². The lowest BCUT2D eigenvalue weighted by molar-refractivity contribution is 0.414. The molecule has 2 heteroatoms. The van der Waals surface area contributed by atoms with Crippen molar-refractivity contribution in [1.29, 1.82) is 5.26 Å². The number of rotatable bonds is 1. The molecule has 0 spiro atoms. The van der Waals surface area contributed by atoms with Gasteiger partial charge < -0.3 is 4.74 Å². The molecular weight excluding hydrogens is 150 g/mol. The van der Waals surface area contributed by atoms with E-state index in [9.17, 15) is 0 Å². The third-order valence-corrected chi connectivity index (χ3v) is 1.20. The topological polar surface area (TPSA) is 33.0 Å². The van der Waals surface area contributed by atoms with Crippen LogP contribution in [-0.2, 0) is 0 Å². The number of hydrogen-bond donors (Lipinski definition) is 0. The first-order valence-corrected chi connectivity index (χ1v) is 3.91. The van der Waals surface area contributed by atoms with Crippen LogP contribution in [0.25, 0.3) is 0 Å². The van der Waals surface area contributed by atoms with Crippen LogP contribution < -0.4 is 4.74 Å². The average molecular weight is 163 g/mol. The van der Waals surface area contributed by atoms with E-state index in [0.29, 0.717) is 5.56 Å². The molecular formula is C10H13NO. The van der Waals surface area contributed by atoms with E-state index in [0.717, 1.165) is 5.75 Å². The fraction of sp³-hybridized carbons (Fsp3) is 0.300. The van der Waals surface area contributed by atoms with Gasteiger partial charge in [-0.15, -0.1) is 0 Å². The van der Waals surface area contributed by atoms with Crippen LogP contribution in [0.2, 0.25) is 0 Å². The third kappa shape index (κ3) is 3.07. The van der Waals surface area contributed by atoms with E-state index in [4.69, 9.17) is 10.00 Å². The summed E-state index contributed by atoms with van der Waals surface area (Å²) < 4.78 is 4.91. The summed E-state index contributed by atoms with van der Waals surface area (Å²) in [6.45, 7) is 4.00. The molecule has 0 unspecified atom stereocenters. The van der Waals surface area contributed by atoms with Gasteiger partial charge in [0.2, 0.25) is 0 Å². The summed E-state index contributed by atoms with van der Waals surface area (Å²) in [7, 11) is 1.58. The molecule has 0 saturated heterocycles. The highest BCUT2D eigenvalue weighted by atomic mass is 16.5. The van der Waals surface area contributed by atoms with Crippen molar-refractivity contribution in [3.63, 3.8) is 0 Å². The molecule has 2 nitrogen and oxygen atoms in total. The van der Waals surface area contributed by atoms with Crippen molar-refractivity contribution in [2.45, 2.75) is 13.8 Å². The zero-order chi connectivity index (χ0) is 9.40. The molecule has 0 saturated carbocycles. The lowest BCUT2D eigenvalue weighted by Crippen LogP contribution is -1.82. The first-order valence-electron chi connectivity index (χ1n) is 3.91. The van der Waals surface area contributed by atoms with Crippen molar-refractivity contribution in [2.75, 3.05) is 7.11 Å². The van der Waals surface area contributed by atoms with Crippen LogP contribution in [0.3, 0.4) is 0 Å². The Morgan fingerprint density at radius 1 is 1.33 bits per heavy atom. The van der Waals surface area contributed by atoms with E-state index in [1.807, 2.05) is 19.9 Å². The Hall–Kier alpha value is -1.49. The van der Waals surface area contributed by atoms with Gasteiger partial charge in [0.05, 0.1) is 18.7 Å². The standard InChI is InChI=1S/C8H7NO.C2H6/c1-10-8-4-2-3-7(5-8)6-9;1-2/h2-5H,1H3;1-2H3. The lowest BCUT2D eigenvalue weighted by Gasteiger charge is -1.96. The summed E-state index contributed by atoms with van der Waals surface area (Å²) in [6.07, 6.45) is 0. The predicted octanol–water partition coefficient (Wildman–Crippen LogP) is 2.59. The maximum atomic E-state index is 8.45. The van der Waals surface area contributed by atoms with Crippen molar-refractivity contribution >= 4 is 0 Å². The summed E-state index contributed by atoms with van der Waals surface area (Å²) in [4.78, 5) is 0. The number of hydrogen-bond acceptors (Lipinski definition) is 2. The zero-order valence-corrected chi connectivity index (χ0v) is 7.66. The van der Waals surface area contributed by atoms with Gasteiger partial charge in [0.25, 0.3) is 0 Å². The monoisotopic (exact) mass is 163 g/mol. The predicted molar refractivity (Wildman–Crippen MR) is 49.1 cm³/mol. The Bertz CT molecular complexity index is 263. The van der Waals surface area contributed by atoms with Crippen molar-refractivity contribution in [1.82, 2.24) is 0 Å². The lowest BCUT2D eigenvalue weighted by atomic mass is 10.2. The van der Waals surface area contributed by atoms with Crippen LogP contribution in [0.4, 0.5) is 0 Å². The summed E-state index contributed by atoms with van der Waals surface area (Å²) >= 11 is 0. The summed E-state index contributed by atoms with van der Waals surface area (Å²) in [5.74, 6) is 0.721. The highest BCUT2D eigenvalue weighted by molar-refractivity contribution is 5.35. The molecule has 0 atom stereocenters. The highest BCUT2D eigenvalue weighted by Crippen LogP contribution is 2.10. The molecule has 0 N–H and O–H groups in total. The number of methoxy groups -OCH3 is 1. The fourth-order valence-electron chi connectivity index (χ4n) is 0.693. The quantitative estimate of drug-likeness (QED) is 0.637. The first-order chi connectivity index (χ1) is 5.86. The van der Waals surface area contributed by atoms with Crippen LogP contribution in [0.15, 0.2) is 24.3 Å². The largest absolute Gasteiger partial charge is 0.497 e. The van der Waals surface area contributed by atoms with Gasteiger partial charge in [-0.05, 0) is 18.2 Å². The van der Waals surface area contributed by atoms with E-state index in [1.54, 1.807) is 31.4 Å². The molecule has 0 fully saturated rings. The minimum absolute atomic E-state index is 0.624. The maximum absolute atomic E-state index is 8.45. The van der Waals surface area contributed by atoms with Crippen molar-refractivity contribution < 1.29 is 4.74 Å². The Balaban J connectivity index is 0.000000561. The Labute approximate surface area is 73.4 Å². The number of benzene rings is 1. The van der Waals surface area contributed by atoms with Crippen molar-refractivity contribution in [2.24, 2.45) is 0 Å². The third-order valence-electron chi connectivity index (χ3n) is 1.20. The molecule has 0 aliphatic rings. The summed E-state index contributed by atoms with van der Waals surface area (Å²) in [5.41, 5.74) is 0.624. The molecule has 0 aromatic heterocycles. The highest BCUT2D eigenvalue weighted by Gasteiger charge is 1.90. The summed E-state index contributed by atoms with van der Waals surface area (Å²) in [6, 6.07) is 9.05. The molecule has 1 rings (SSSR count). The molecule has 0 bridgehead atoms. The Morgan fingerprint density at radius 3 is 2.50 bits per heavy atom. The van der Waals surface area contributed by atoms with Gasteiger partial charge in [0, 0.05) is 0 Å². The van der Waals surface area contributed by atoms with Crippen LogP contribution in [0.5, 0.6) is 5.75 Å². The van der Waals surface area contributed by atoms with E-state index in [-0.39, 0.29) is 0 Å². The number of nitrogens with zero attached hydrogens (tertiary/aromatic N) is 1. The van der Waals surface area contributed by atoms with Gasteiger partial charge in [-0.3, -0.25) is 0 Å². The molecule has 0 aliphatic heterocycles. The van der Waals surface area contributed by atoms with Gasteiger partial charge in [-0.2, -0.15) is 5.26 Å². The molecule has 64 valence electrons. The van der Waals surface area contributed by atoms with Crippen LogP contribution >= 0.6 is 0 Å². The van der Waals surface area contributed by atoms with Crippen LogP contribution in [0.1, 0.15) is 19.4 Å². The molecule has 0 aliphatic carbocycles. The second-order valence-corrected chi connectivity index (χ2v) is 1.84. The Morgan fingerprint density at radius 2 is 2.00 bits per heavy atom. The van der Waals surface area contributed by atoms with Crippen molar-refractivity contribution in [3.05, 3.63) is 29.8 Å². The number of ether oxygens (including phenoxy) is 1. The van der Waals surface area contributed by atoms with Gasteiger partial charge in [-0.25, -0.2) is 0 Å². The van der Waals surface area contributed by atoms with E-state index in [2.05, 4.69) is 0 Å². The molecule has 1 aromatic rings. The number of nitriles is 1. The van der Waals surface area contributed by atoms with Gasteiger partial charge >= 0.3 is 0 Å².